The summed E-state index contributed by atoms with van der Waals surface area (Å²) < 4.78 is 1.77. The van der Waals surface area contributed by atoms with Gasteiger partial charge in [0.05, 0.1) is 5.69 Å². The normalized spacial score (nSPS) is 20.2. The van der Waals surface area contributed by atoms with Gasteiger partial charge >= 0.3 is 0 Å². The number of tetrazole rings is 1. The summed E-state index contributed by atoms with van der Waals surface area (Å²) >= 11 is 0. The van der Waals surface area contributed by atoms with Crippen molar-refractivity contribution in [3.63, 3.8) is 0 Å². The number of nitrogens with zero attached hydrogens (tertiary/aromatic N) is 5. The first-order valence-corrected chi connectivity index (χ1v) is 8.21. The molecule has 2 aliphatic rings. The van der Waals surface area contributed by atoms with Crippen molar-refractivity contribution in [2.45, 2.75) is 31.7 Å². The van der Waals surface area contributed by atoms with Crippen molar-refractivity contribution < 1.29 is 0 Å². The molecular weight excluding hydrogens is 276 g/mol. The lowest BCUT2D eigenvalue weighted by molar-refractivity contribution is 0.211. The van der Waals surface area contributed by atoms with E-state index in [0.717, 1.165) is 30.4 Å². The first kappa shape index (κ1) is 13.7. The van der Waals surface area contributed by atoms with Crippen LogP contribution >= 0.6 is 0 Å². The molecule has 0 amide bonds. The molecule has 0 spiro atoms. The molecule has 1 saturated heterocycles. The van der Waals surface area contributed by atoms with Gasteiger partial charge in [-0.1, -0.05) is 23.3 Å². The lowest BCUT2D eigenvalue weighted by Gasteiger charge is -2.32. The third kappa shape index (κ3) is 3.11. The largest absolute Gasteiger partial charge is 0.350 e. The van der Waals surface area contributed by atoms with E-state index in [0.29, 0.717) is 6.04 Å². The van der Waals surface area contributed by atoms with Gasteiger partial charge in [0.1, 0.15) is 0 Å². The summed E-state index contributed by atoms with van der Waals surface area (Å²) in [5.74, 6) is 1.72. The average molecular weight is 298 g/mol. The SMILES string of the molecule is c1ccc(-n2nnnc2NC2CCN(CC3CC3)CC2)cc1. The van der Waals surface area contributed by atoms with E-state index >= 15 is 0 Å². The topological polar surface area (TPSA) is 58.9 Å². The predicted molar refractivity (Wildman–Crippen MR) is 85.0 cm³/mol. The molecule has 6 nitrogen and oxygen atoms in total. The molecule has 0 bridgehead atoms. The highest BCUT2D eigenvalue weighted by atomic mass is 15.6. The Hall–Kier alpha value is -1.95. The second-order valence-corrected chi connectivity index (χ2v) is 6.41. The Morgan fingerprint density at radius 2 is 1.82 bits per heavy atom. The monoisotopic (exact) mass is 298 g/mol. The van der Waals surface area contributed by atoms with Gasteiger partial charge in [0.25, 0.3) is 0 Å². The molecule has 1 aliphatic heterocycles. The zero-order valence-corrected chi connectivity index (χ0v) is 12.7. The van der Waals surface area contributed by atoms with Crippen LogP contribution in [-0.4, -0.2) is 50.8 Å². The minimum atomic E-state index is 0.462. The molecule has 4 rings (SSSR count). The van der Waals surface area contributed by atoms with Crippen molar-refractivity contribution >= 4 is 5.95 Å². The maximum atomic E-state index is 4.14. The number of anilines is 1. The summed E-state index contributed by atoms with van der Waals surface area (Å²) in [5, 5.41) is 15.6. The molecule has 1 aromatic heterocycles. The van der Waals surface area contributed by atoms with Crippen LogP contribution in [0.3, 0.4) is 0 Å². The van der Waals surface area contributed by atoms with Gasteiger partial charge in [0, 0.05) is 25.7 Å². The Morgan fingerprint density at radius 3 is 2.55 bits per heavy atom. The van der Waals surface area contributed by atoms with Crippen LogP contribution in [0.15, 0.2) is 30.3 Å². The van der Waals surface area contributed by atoms with Gasteiger partial charge in [-0.2, -0.15) is 4.68 Å². The highest BCUT2D eigenvalue weighted by molar-refractivity contribution is 5.38. The van der Waals surface area contributed by atoms with Gasteiger partial charge in [0.2, 0.25) is 5.95 Å². The molecule has 1 aliphatic carbocycles. The number of piperidine rings is 1. The average Bonchev–Trinajstić information content (AvgIpc) is 3.26. The van der Waals surface area contributed by atoms with Crippen LogP contribution in [0.25, 0.3) is 5.69 Å². The quantitative estimate of drug-likeness (QED) is 0.914. The molecule has 6 heteroatoms. The maximum absolute atomic E-state index is 4.14. The number of para-hydroxylation sites is 1. The van der Waals surface area contributed by atoms with Crippen molar-refractivity contribution in [2.75, 3.05) is 25.0 Å². The van der Waals surface area contributed by atoms with Crippen molar-refractivity contribution in [2.24, 2.45) is 5.92 Å². The van der Waals surface area contributed by atoms with E-state index < -0.39 is 0 Å². The fourth-order valence-electron chi connectivity index (χ4n) is 3.13. The minimum Gasteiger partial charge on any atom is -0.350 e. The van der Waals surface area contributed by atoms with Gasteiger partial charge in [-0.25, -0.2) is 0 Å². The fourth-order valence-corrected chi connectivity index (χ4v) is 3.13. The van der Waals surface area contributed by atoms with Gasteiger partial charge in [0.15, 0.2) is 0 Å². The van der Waals surface area contributed by atoms with E-state index in [9.17, 15) is 0 Å². The van der Waals surface area contributed by atoms with Gasteiger partial charge in [-0.3, -0.25) is 0 Å². The van der Waals surface area contributed by atoms with Crippen LogP contribution in [0.4, 0.5) is 5.95 Å². The molecule has 1 N–H and O–H groups in total. The zero-order chi connectivity index (χ0) is 14.8. The molecule has 0 unspecified atom stereocenters. The van der Waals surface area contributed by atoms with Crippen LogP contribution in [0, 0.1) is 5.92 Å². The number of likely N-dealkylation sites (tertiary alicyclic amines) is 1. The van der Waals surface area contributed by atoms with E-state index in [2.05, 4.69) is 25.7 Å². The van der Waals surface area contributed by atoms with Crippen LogP contribution in [0.1, 0.15) is 25.7 Å². The lowest BCUT2D eigenvalue weighted by atomic mass is 10.0. The molecule has 0 radical (unpaired) electrons. The second-order valence-electron chi connectivity index (χ2n) is 6.41. The molecule has 116 valence electrons. The van der Waals surface area contributed by atoms with Crippen LogP contribution in [0.5, 0.6) is 0 Å². The molecule has 0 atom stereocenters. The number of rotatable bonds is 5. The Labute approximate surface area is 130 Å². The molecule has 2 heterocycles. The van der Waals surface area contributed by atoms with E-state index in [1.807, 2.05) is 30.3 Å². The van der Waals surface area contributed by atoms with Crippen molar-refractivity contribution in [3.05, 3.63) is 30.3 Å². The molecule has 1 saturated carbocycles. The first-order valence-electron chi connectivity index (χ1n) is 8.21. The van der Waals surface area contributed by atoms with Gasteiger partial charge < -0.3 is 10.2 Å². The van der Waals surface area contributed by atoms with Crippen LogP contribution in [0.2, 0.25) is 0 Å². The highest BCUT2D eigenvalue weighted by Crippen LogP contribution is 2.30. The van der Waals surface area contributed by atoms with Crippen LogP contribution < -0.4 is 5.32 Å². The van der Waals surface area contributed by atoms with Crippen LogP contribution in [-0.2, 0) is 0 Å². The third-order valence-electron chi connectivity index (χ3n) is 4.60. The molecule has 1 aromatic carbocycles. The third-order valence-corrected chi connectivity index (χ3v) is 4.60. The molecule has 22 heavy (non-hydrogen) atoms. The van der Waals surface area contributed by atoms with Gasteiger partial charge in [-0.15, -0.1) is 0 Å². The highest BCUT2D eigenvalue weighted by Gasteiger charge is 2.27. The standard InChI is InChI=1S/C16H22N6/c1-2-4-15(5-3-1)22-16(18-19-20-22)17-14-8-10-21(11-9-14)12-13-6-7-13/h1-5,13-14H,6-12H2,(H,17,18,20). The summed E-state index contributed by atoms with van der Waals surface area (Å²) in [6.45, 7) is 3.66. The molecule has 2 fully saturated rings. The number of hydrogen-bond donors (Lipinski definition) is 1. The summed E-state index contributed by atoms with van der Waals surface area (Å²) in [6, 6.07) is 10.5. The number of hydrogen-bond acceptors (Lipinski definition) is 5. The Morgan fingerprint density at radius 1 is 1.05 bits per heavy atom. The first-order chi connectivity index (χ1) is 10.9. The fraction of sp³-hybridized carbons (Fsp3) is 0.562. The van der Waals surface area contributed by atoms with E-state index in [1.165, 1.54) is 32.5 Å². The molecule has 2 aromatic rings. The van der Waals surface area contributed by atoms with Crippen molar-refractivity contribution in [3.8, 4) is 5.69 Å². The Bertz CT molecular complexity index is 598. The Balaban J connectivity index is 1.37. The smallest absolute Gasteiger partial charge is 0.247 e. The van der Waals surface area contributed by atoms with E-state index in [4.69, 9.17) is 0 Å². The number of aromatic nitrogens is 4. The summed E-state index contributed by atoms with van der Waals surface area (Å²) in [5.41, 5.74) is 0.987. The number of nitrogens with one attached hydrogen (secondary N) is 1. The minimum absolute atomic E-state index is 0.462. The lowest BCUT2D eigenvalue weighted by Crippen LogP contribution is -2.40. The predicted octanol–water partition coefficient (Wildman–Crippen LogP) is 1.95. The summed E-state index contributed by atoms with van der Waals surface area (Å²) in [7, 11) is 0. The second kappa shape index (κ2) is 6.04. The molecular formula is C16H22N6. The van der Waals surface area contributed by atoms with Crippen molar-refractivity contribution in [1.29, 1.82) is 0 Å². The summed E-state index contributed by atoms with van der Waals surface area (Å²) in [6.07, 6.45) is 5.19. The summed E-state index contributed by atoms with van der Waals surface area (Å²) in [4.78, 5) is 2.61. The maximum Gasteiger partial charge on any atom is 0.247 e. The van der Waals surface area contributed by atoms with Crippen molar-refractivity contribution in [1.82, 2.24) is 25.1 Å². The van der Waals surface area contributed by atoms with E-state index in [1.54, 1.807) is 4.68 Å². The van der Waals surface area contributed by atoms with E-state index in [-0.39, 0.29) is 0 Å². The Kier molecular flexibility index (Phi) is 3.76. The zero-order valence-electron chi connectivity index (χ0n) is 12.7. The number of benzene rings is 1. The van der Waals surface area contributed by atoms with Gasteiger partial charge in [-0.05, 0) is 54.2 Å².